The molecule has 1 amide bonds. The van der Waals surface area contributed by atoms with Crippen molar-refractivity contribution in [3.05, 3.63) is 52.6 Å². The zero-order valence-electron chi connectivity index (χ0n) is 12.8. The number of aromatic nitrogens is 2. The first-order valence-electron chi connectivity index (χ1n) is 7.22. The number of benzene rings is 1. The summed E-state index contributed by atoms with van der Waals surface area (Å²) < 4.78 is 38.9. The predicted molar refractivity (Wildman–Crippen MR) is 87.0 cm³/mol. The van der Waals surface area contributed by atoms with Gasteiger partial charge in [0.25, 0.3) is 5.91 Å². The predicted octanol–water partition coefficient (Wildman–Crippen LogP) is 1.82. The molecule has 1 saturated heterocycles. The van der Waals surface area contributed by atoms with Gasteiger partial charge in [-0.1, -0.05) is 11.6 Å². The molecule has 1 aromatic carbocycles. The molecule has 128 valence electrons. The largest absolute Gasteiger partial charge is 0.329 e. The molecule has 6 nitrogen and oxygen atoms in total. The van der Waals surface area contributed by atoms with Crippen molar-refractivity contribution in [1.29, 1.82) is 0 Å². The molecule has 2 heterocycles. The van der Waals surface area contributed by atoms with Gasteiger partial charge >= 0.3 is 0 Å². The van der Waals surface area contributed by atoms with Crippen LogP contribution in [0.3, 0.4) is 0 Å². The summed E-state index contributed by atoms with van der Waals surface area (Å²) in [6, 6.07) is 3.08. The van der Waals surface area contributed by atoms with Gasteiger partial charge in [0.2, 0.25) is 0 Å². The molecule has 9 heteroatoms. The molecule has 0 N–H and O–H groups in total. The SMILES string of the molecule is Cn1cc([C@H]2CS(=O)(=O)CCN2C(=O)c2ccc(F)c(Cl)c2)cn1. The molecular weight excluding hydrogens is 357 g/mol. The number of nitrogens with zero attached hydrogens (tertiary/aromatic N) is 3. The highest BCUT2D eigenvalue weighted by molar-refractivity contribution is 7.91. The molecule has 1 aromatic heterocycles. The molecule has 0 saturated carbocycles. The van der Waals surface area contributed by atoms with Crippen LogP contribution in [-0.2, 0) is 16.9 Å². The monoisotopic (exact) mass is 371 g/mol. The topological polar surface area (TPSA) is 72.3 Å². The van der Waals surface area contributed by atoms with E-state index >= 15 is 0 Å². The van der Waals surface area contributed by atoms with E-state index in [1.54, 1.807) is 24.1 Å². The summed E-state index contributed by atoms with van der Waals surface area (Å²) in [4.78, 5) is 14.3. The van der Waals surface area contributed by atoms with Crippen LogP contribution in [0.2, 0.25) is 5.02 Å². The zero-order chi connectivity index (χ0) is 17.5. The van der Waals surface area contributed by atoms with Gasteiger partial charge in [-0.05, 0) is 18.2 Å². The lowest BCUT2D eigenvalue weighted by atomic mass is 10.1. The Hall–Kier alpha value is -1.93. The number of halogens is 2. The van der Waals surface area contributed by atoms with Gasteiger partial charge in [-0.25, -0.2) is 12.8 Å². The molecule has 0 radical (unpaired) electrons. The van der Waals surface area contributed by atoms with Crippen molar-refractivity contribution < 1.29 is 17.6 Å². The van der Waals surface area contributed by atoms with Crippen molar-refractivity contribution >= 4 is 27.3 Å². The van der Waals surface area contributed by atoms with Crippen LogP contribution in [0.4, 0.5) is 4.39 Å². The highest BCUT2D eigenvalue weighted by Crippen LogP contribution is 2.29. The van der Waals surface area contributed by atoms with Crippen LogP contribution in [0.1, 0.15) is 22.0 Å². The molecule has 0 spiro atoms. The molecule has 3 rings (SSSR count). The van der Waals surface area contributed by atoms with E-state index in [2.05, 4.69) is 5.10 Å². The lowest BCUT2D eigenvalue weighted by Crippen LogP contribution is -2.46. The Morgan fingerprint density at radius 1 is 1.42 bits per heavy atom. The highest BCUT2D eigenvalue weighted by atomic mass is 35.5. The van der Waals surface area contributed by atoms with E-state index in [1.165, 1.54) is 17.0 Å². The molecular formula is C15H15ClFN3O3S. The Labute approximate surface area is 143 Å². The Bertz CT molecular complexity index is 897. The van der Waals surface area contributed by atoms with Crippen LogP contribution in [0.5, 0.6) is 0 Å². The standard InChI is InChI=1S/C15H15ClFN3O3S/c1-19-8-11(7-18-19)14-9-24(22,23)5-4-20(14)15(21)10-2-3-13(17)12(16)6-10/h2-3,6-8,14H,4-5,9H2,1H3/t14-/m1/s1. The first-order valence-corrected chi connectivity index (χ1v) is 9.42. The number of aryl methyl sites for hydroxylation is 1. The van der Waals surface area contributed by atoms with Crippen LogP contribution in [0.15, 0.2) is 30.6 Å². The molecule has 1 aliphatic heterocycles. The van der Waals surface area contributed by atoms with E-state index < -0.39 is 21.7 Å². The summed E-state index contributed by atoms with van der Waals surface area (Å²) in [5.74, 6) is -1.28. The van der Waals surface area contributed by atoms with Crippen LogP contribution in [0, 0.1) is 5.82 Å². The second-order valence-corrected chi connectivity index (χ2v) is 8.34. The van der Waals surface area contributed by atoms with E-state index in [1.807, 2.05) is 0 Å². The Morgan fingerprint density at radius 3 is 2.79 bits per heavy atom. The van der Waals surface area contributed by atoms with Crippen LogP contribution in [0.25, 0.3) is 0 Å². The number of hydrogen-bond acceptors (Lipinski definition) is 4. The van der Waals surface area contributed by atoms with Gasteiger partial charge in [-0.15, -0.1) is 0 Å². The van der Waals surface area contributed by atoms with Crippen molar-refractivity contribution in [3.63, 3.8) is 0 Å². The lowest BCUT2D eigenvalue weighted by Gasteiger charge is -2.35. The number of sulfone groups is 1. The molecule has 0 unspecified atom stereocenters. The van der Waals surface area contributed by atoms with E-state index in [4.69, 9.17) is 11.6 Å². The summed E-state index contributed by atoms with van der Waals surface area (Å²) in [6.45, 7) is 0.0652. The summed E-state index contributed by atoms with van der Waals surface area (Å²) in [7, 11) is -1.54. The average molecular weight is 372 g/mol. The van der Waals surface area contributed by atoms with E-state index in [9.17, 15) is 17.6 Å². The molecule has 0 bridgehead atoms. The third-order valence-corrected chi connectivity index (χ3v) is 5.89. The number of amides is 1. The number of hydrogen-bond donors (Lipinski definition) is 0. The minimum absolute atomic E-state index is 0.0652. The molecule has 1 atom stereocenters. The maximum Gasteiger partial charge on any atom is 0.254 e. The average Bonchev–Trinajstić information content (AvgIpc) is 2.95. The summed E-state index contributed by atoms with van der Waals surface area (Å²) in [5, 5.41) is 3.90. The Morgan fingerprint density at radius 2 is 2.17 bits per heavy atom. The summed E-state index contributed by atoms with van der Waals surface area (Å²) in [6.07, 6.45) is 3.23. The molecule has 2 aromatic rings. The van der Waals surface area contributed by atoms with Gasteiger partial charge in [0, 0.05) is 30.9 Å². The van der Waals surface area contributed by atoms with Gasteiger partial charge in [-0.2, -0.15) is 5.10 Å². The van der Waals surface area contributed by atoms with Gasteiger partial charge in [-0.3, -0.25) is 9.48 Å². The Kier molecular flexibility index (Phi) is 4.35. The van der Waals surface area contributed by atoms with Crippen LogP contribution >= 0.6 is 11.6 Å². The summed E-state index contributed by atoms with van der Waals surface area (Å²) in [5.41, 5.74) is 0.858. The minimum Gasteiger partial charge on any atom is -0.329 e. The van der Waals surface area contributed by atoms with Gasteiger partial charge in [0.15, 0.2) is 9.84 Å². The van der Waals surface area contributed by atoms with Crippen molar-refractivity contribution in [3.8, 4) is 0 Å². The van der Waals surface area contributed by atoms with Crippen LogP contribution < -0.4 is 0 Å². The first-order chi connectivity index (χ1) is 11.3. The summed E-state index contributed by atoms with van der Waals surface area (Å²) >= 11 is 5.74. The second kappa shape index (κ2) is 6.18. The Balaban J connectivity index is 1.97. The third kappa shape index (κ3) is 3.29. The molecule has 1 fully saturated rings. The molecule has 1 aliphatic rings. The fourth-order valence-corrected chi connectivity index (χ4v) is 4.41. The van der Waals surface area contributed by atoms with Crippen LogP contribution in [-0.4, -0.2) is 47.1 Å². The normalized spacial score (nSPS) is 20.1. The van der Waals surface area contributed by atoms with Crippen molar-refractivity contribution in [2.45, 2.75) is 6.04 Å². The maximum absolute atomic E-state index is 13.3. The smallest absolute Gasteiger partial charge is 0.254 e. The maximum atomic E-state index is 13.3. The zero-order valence-corrected chi connectivity index (χ0v) is 14.4. The van der Waals surface area contributed by atoms with Gasteiger partial charge in [0.05, 0.1) is 28.8 Å². The minimum atomic E-state index is -3.25. The van der Waals surface area contributed by atoms with Gasteiger partial charge < -0.3 is 4.90 Å². The highest BCUT2D eigenvalue weighted by Gasteiger charge is 2.36. The number of carbonyl (C=O) groups excluding carboxylic acids is 1. The fourth-order valence-electron chi connectivity index (χ4n) is 2.73. The number of carbonyl (C=O) groups is 1. The molecule has 24 heavy (non-hydrogen) atoms. The first kappa shape index (κ1) is 16.9. The van der Waals surface area contributed by atoms with Gasteiger partial charge in [0.1, 0.15) is 5.82 Å². The third-order valence-electron chi connectivity index (χ3n) is 3.97. The van der Waals surface area contributed by atoms with Crippen molar-refractivity contribution in [2.24, 2.45) is 7.05 Å². The number of rotatable bonds is 2. The fraction of sp³-hybridized carbons (Fsp3) is 0.333. The second-order valence-electron chi connectivity index (χ2n) is 5.70. The van der Waals surface area contributed by atoms with E-state index in [0.717, 1.165) is 6.07 Å². The van der Waals surface area contributed by atoms with Crippen molar-refractivity contribution in [1.82, 2.24) is 14.7 Å². The van der Waals surface area contributed by atoms with Crippen molar-refractivity contribution in [2.75, 3.05) is 18.1 Å². The molecule has 0 aliphatic carbocycles. The van der Waals surface area contributed by atoms with E-state index in [-0.39, 0.29) is 34.5 Å². The lowest BCUT2D eigenvalue weighted by molar-refractivity contribution is 0.0697. The quantitative estimate of drug-likeness (QED) is 0.807. The van der Waals surface area contributed by atoms with E-state index in [0.29, 0.717) is 5.56 Å².